The lowest BCUT2D eigenvalue weighted by Gasteiger charge is -2.19. The summed E-state index contributed by atoms with van der Waals surface area (Å²) in [6, 6.07) is 7.39. The lowest BCUT2D eigenvalue weighted by Crippen LogP contribution is -2.38. The van der Waals surface area contributed by atoms with Gasteiger partial charge in [0.15, 0.2) is 0 Å². The molecule has 0 aliphatic rings. The molecule has 1 aromatic carbocycles. The van der Waals surface area contributed by atoms with Crippen LogP contribution in [0.4, 0.5) is 0 Å². The summed E-state index contributed by atoms with van der Waals surface area (Å²) in [5.41, 5.74) is 2.78. The molecule has 0 bridgehead atoms. The first-order chi connectivity index (χ1) is 9.47. The van der Waals surface area contributed by atoms with Crippen LogP contribution in [0.2, 0.25) is 0 Å². The first kappa shape index (κ1) is 16.2. The lowest BCUT2D eigenvalue weighted by atomic mass is 10.0. The molecule has 0 amide bonds. The Hall–Kier alpha value is -1.86. The Morgan fingerprint density at radius 1 is 1.45 bits per heavy atom. The van der Waals surface area contributed by atoms with Crippen LogP contribution < -0.4 is 5.32 Å². The topological polar surface area (TPSA) is 62.1 Å². The van der Waals surface area contributed by atoms with Crippen molar-refractivity contribution in [2.75, 3.05) is 7.11 Å². The van der Waals surface area contributed by atoms with Gasteiger partial charge in [0, 0.05) is 6.54 Å². The minimum absolute atomic E-state index is 0.231. The summed E-state index contributed by atoms with van der Waals surface area (Å²) < 4.78 is 4.82. The molecule has 0 aliphatic carbocycles. The second-order valence-electron chi connectivity index (χ2n) is 5.34. The van der Waals surface area contributed by atoms with Gasteiger partial charge in [-0.05, 0) is 42.5 Å². The zero-order valence-electron chi connectivity index (χ0n) is 12.6. The number of esters is 1. The standard InChI is InChI=1S/C16H22N2O2/c1-11(2)7-15(16(19)20-4)18-10-14-6-5-13(9-17)8-12(14)3/h5-6,8,11,15,18H,7,10H2,1-4H3. The molecule has 20 heavy (non-hydrogen) atoms. The van der Waals surface area contributed by atoms with E-state index in [-0.39, 0.29) is 12.0 Å². The Morgan fingerprint density at radius 2 is 2.15 bits per heavy atom. The predicted octanol–water partition coefficient (Wildman–Crippen LogP) is 2.54. The van der Waals surface area contributed by atoms with Crippen molar-refractivity contribution in [1.82, 2.24) is 5.32 Å². The first-order valence-electron chi connectivity index (χ1n) is 6.78. The van der Waals surface area contributed by atoms with E-state index >= 15 is 0 Å². The van der Waals surface area contributed by atoms with E-state index < -0.39 is 0 Å². The van der Waals surface area contributed by atoms with Crippen molar-refractivity contribution in [2.45, 2.75) is 39.8 Å². The number of benzene rings is 1. The number of hydrogen-bond donors (Lipinski definition) is 1. The van der Waals surface area contributed by atoms with E-state index in [1.807, 2.05) is 19.1 Å². The molecule has 0 spiro atoms. The van der Waals surface area contributed by atoms with Gasteiger partial charge in [-0.2, -0.15) is 5.26 Å². The van der Waals surface area contributed by atoms with E-state index in [2.05, 4.69) is 25.2 Å². The normalized spacial score (nSPS) is 12.0. The summed E-state index contributed by atoms with van der Waals surface area (Å²) in [7, 11) is 1.41. The van der Waals surface area contributed by atoms with Gasteiger partial charge in [-0.15, -0.1) is 0 Å². The van der Waals surface area contributed by atoms with Crippen molar-refractivity contribution in [3.63, 3.8) is 0 Å². The van der Waals surface area contributed by atoms with Gasteiger partial charge >= 0.3 is 5.97 Å². The number of carbonyl (C=O) groups is 1. The quantitative estimate of drug-likeness (QED) is 0.810. The average molecular weight is 274 g/mol. The summed E-state index contributed by atoms with van der Waals surface area (Å²) in [5, 5.41) is 12.1. The second-order valence-corrected chi connectivity index (χ2v) is 5.34. The zero-order chi connectivity index (χ0) is 15.1. The van der Waals surface area contributed by atoms with Crippen LogP contribution in [0.1, 0.15) is 37.0 Å². The number of rotatable bonds is 6. The minimum Gasteiger partial charge on any atom is -0.468 e. The second kappa shape index (κ2) is 7.66. The van der Waals surface area contributed by atoms with E-state index in [1.165, 1.54) is 7.11 Å². The molecule has 1 unspecified atom stereocenters. The molecule has 0 aromatic heterocycles. The highest BCUT2D eigenvalue weighted by Crippen LogP contribution is 2.12. The van der Waals surface area contributed by atoms with E-state index in [9.17, 15) is 4.79 Å². The third kappa shape index (κ3) is 4.67. The molecule has 1 atom stereocenters. The van der Waals surface area contributed by atoms with Gasteiger partial charge in [0.25, 0.3) is 0 Å². The van der Waals surface area contributed by atoms with Crippen LogP contribution >= 0.6 is 0 Å². The van der Waals surface area contributed by atoms with Gasteiger partial charge in [-0.1, -0.05) is 19.9 Å². The zero-order valence-corrected chi connectivity index (χ0v) is 12.6. The summed E-state index contributed by atoms with van der Waals surface area (Å²) >= 11 is 0. The molecule has 4 nitrogen and oxygen atoms in total. The van der Waals surface area contributed by atoms with Crippen molar-refractivity contribution in [1.29, 1.82) is 5.26 Å². The molecule has 0 fully saturated rings. The average Bonchev–Trinajstić information content (AvgIpc) is 2.43. The number of methoxy groups -OCH3 is 1. The maximum atomic E-state index is 11.7. The van der Waals surface area contributed by atoms with E-state index in [0.29, 0.717) is 18.0 Å². The fraction of sp³-hybridized carbons (Fsp3) is 0.500. The molecule has 0 saturated carbocycles. The van der Waals surface area contributed by atoms with Gasteiger partial charge in [0.2, 0.25) is 0 Å². The number of nitriles is 1. The van der Waals surface area contributed by atoms with Gasteiger partial charge in [0.1, 0.15) is 6.04 Å². The molecule has 0 saturated heterocycles. The highest BCUT2D eigenvalue weighted by Gasteiger charge is 2.19. The van der Waals surface area contributed by atoms with Crippen LogP contribution in [0.25, 0.3) is 0 Å². The Labute approximate surface area is 120 Å². The molecule has 1 aromatic rings. The molecule has 0 aliphatic heterocycles. The fourth-order valence-corrected chi connectivity index (χ4v) is 2.07. The number of ether oxygens (including phenoxy) is 1. The molecular formula is C16H22N2O2. The number of nitrogens with one attached hydrogen (secondary N) is 1. The van der Waals surface area contributed by atoms with Crippen molar-refractivity contribution >= 4 is 5.97 Å². The van der Waals surface area contributed by atoms with Crippen molar-refractivity contribution in [2.24, 2.45) is 5.92 Å². The molecule has 0 heterocycles. The number of aryl methyl sites for hydroxylation is 1. The maximum Gasteiger partial charge on any atom is 0.322 e. The van der Waals surface area contributed by atoms with Crippen LogP contribution in [0.15, 0.2) is 18.2 Å². The highest BCUT2D eigenvalue weighted by atomic mass is 16.5. The predicted molar refractivity (Wildman–Crippen MR) is 78.0 cm³/mol. The van der Waals surface area contributed by atoms with Crippen molar-refractivity contribution in [3.05, 3.63) is 34.9 Å². The van der Waals surface area contributed by atoms with Gasteiger partial charge in [-0.3, -0.25) is 4.79 Å². The number of hydrogen-bond acceptors (Lipinski definition) is 4. The van der Waals surface area contributed by atoms with Crippen LogP contribution in [-0.4, -0.2) is 19.1 Å². The fourth-order valence-electron chi connectivity index (χ4n) is 2.07. The van der Waals surface area contributed by atoms with Gasteiger partial charge in [-0.25, -0.2) is 0 Å². The minimum atomic E-state index is -0.296. The molecule has 0 radical (unpaired) electrons. The van der Waals surface area contributed by atoms with Crippen molar-refractivity contribution in [3.8, 4) is 6.07 Å². The summed E-state index contributed by atoms with van der Waals surface area (Å²) in [4.78, 5) is 11.7. The Balaban J connectivity index is 2.72. The molecule has 1 N–H and O–H groups in total. The number of nitrogens with zero attached hydrogens (tertiary/aromatic N) is 1. The third-order valence-corrected chi connectivity index (χ3v) is 3.20. The van der Waals surface area contributed by atoms with Crippen LogP contribution in [0.3, 0.4) is 0 Å². The highest BCUT2D eigenvalue weighted by molar-refractivity contribution is 5.75. The smallest absolute Gasteiger partial charge is 0.322 e. The van der Waals surface area contributed by atoms with Crippen LogP contribution in [0, 0.1) is 24.2 Å². The van der Waals surface area contributed by atoms with Gasteiger partial charge in [0.05, 0.1) is 18.7 Å². The SMILES string of the molecule is COC(=O)C(CC(C)C)NCc1ccc(C#N)cc1C. The van der Waals surface area contributed by atoms with E-state index in [4.69, 9.17) is 10.00 Å². The molecule has 1 rings (SSSR count). The summed E-state index contributed by atoms with van der Waals surface area (Å²) in [5.74, 6) is 0.179. The van der Waals surface area contributed by atoms with Crippen LogP contribution in [0.5, 0.6) is 0 Å². The first-order valence-corrected chi connectivity index (χ1v) is 6.78. The monoisotopic (exact) mass is 274 g/mol. The molecule has 4 heteroatoms. The Bertz CT molecular complexity index is 504. The lowest BCUT2D eigenvalue weighted by molar-refractivity contribution is -0.143. The van der Waals surface area contributed by atoms with Crippen LogP contribution in [-0.2, 0) is 16.1 Å². The Kier molecular flexibility index (Phi) is 6.20. The molecular weight excluding hydrogens is 252 g/mol. The Morgan fingerprint density at radius 3 is 2.65 bits per heavy atom. The van der Waals surface area contributed by atoms with E-state index in [0.717, 1.165) is 17.5 Å². The maximum absolute atomic E-state index is 11.7. The number of carbonyl (C=O) groups excluding carboxylic acids is 1. The summed E-state index contributed by atoms with van der Waals surface area (Å²) in [6.07, 6.45) is 0.738. The van der Waals surface area contributed by atoms with Gasteiger partial charge < -0.3 is 10.1 Å². The third-order valence-electron chi connectivity index (χ3n) is 3.20. The van der Waals surface area contributed by atoms with E-state index in [1.54, 1.807) is 6.07 Å². The van der Waals surface area contributed by atoms with Crippen molar-refractivity contribution < 1.29 is 9.53 Å². The molecule has 108 valence electrons. The summed E-state index contributed by atoms with van der Waals surface area (Å²) in [6.45, 7) is 6.70. The largest absolute Gasteiger partial charge is 0.468 e.